The Labute approximate surface area is 345 Å². The van der Waals surface area contributed by atoms with Crippen LogP contribution in [0.1, 0.15) is 63.9 Å². The number of likely N-dealkylation sites (tertiary alicyclic amines) is 1. The number of fused-ring (bicyclic) bond motifs is 2. The molecule has 14 nitrogen and oxygen atoms in total. The highest BCUT2D eigenvalue weighted by Crippen LogP contribution is 2.51. The highest BCUT2D eigenvalue weighted by Gasteiger charge is 2.54. The highest BCUT2D eigenvalue weighted by molar-refractivity contribution is 7.98. The molecule has 9 rings (SSSR count). The van der Waals surface area contributed by atoms with Crippen LogP contribution in [0.2, 0.25) is 0 Å². The summed E-state index contributed by atoms with van der Waals surface area (Å²) in [5.41, 5.74) is 2.99. The van der Waals surface area contributed by atoms with Crippen molar-refractivity contribution >= 4 is 57.5 Å². The van der Waals surface area contributed by atoms with Crippen LogP contribution in [0.5, 0.6) is 17.4 Å². The number of nitrogens with one attached hydrogen (secondary N) is 2. The number of amides is 3. The van der Waals surface area contributed by atoms with E-state index in [1.54, 1.807) is 42.2 Å². The van der Waals surface area contributed by atoms with E-state index in [1.807, 2.05) is 18.3 Å². The van der Waals surface area contributed by atoms with Crippen LogP contribution in [0.15, 0.2) is 54.7 Å². The van der Waals surface area contributed by atoms with Crippen molar-refractivity contribution in [2.24, 2.45) is 12.5 Å². The molecule has 3 aromatic carbocycles. The normalized spacial score (nSPS) is 18.2. The SMILES string of the molecule is CCN(C)SNc1ccc(F)c(Oc2ccc3ncc(OC4CC5(C4)CN(C4CCCCC4)C5)nc3c2)c1C#N.Cn1nc(N2CCC(=O)NC2=O)c2cc(F)ccc21. The molecule has 5 aromatic rings. The van der Waals surface area contributed by atoms with Crippen molar-refractivity contribution < 1.29 is 27.8 Å². The molecule has 2 aliphatic carbocycles. The number of carbonyl (C=O) groups excluding carboxylic acids is 2. The van der Waals surface area contributed by atoms with Crippen LogP contribution in [0.3, 0.4) is 0 Å². The molecule has 0 bridgehead atoms. The van der Waals surface area contributed by atoms with Gasteiger partial charge in [-0.05, 0) is 75.2 Å². The summed E-state index contributed by atoms with van der Waals surface area (Å²) >= 11 is 1.33. The quantitative estimate of drug-likeness (QED) is 0.133. The lowest BCUT2D eigenvalue weighted by Gasteiger charge is -2.61. The predicted molar refractivity (Wildman–Crippen MR) is 221 cm³/mol. The number of aromatic nitrogens is 4. The number of imide groups is 1. The van der Waals surface area contributed by atoms with Gasteiger partial charge in [0.1, 0.15) is 29.3 Å². The number of ether oxygens (including phenoxy) is 2. The molecule has 308 valence electrons. The molecule has 1 spiro atoms. The first-order chi connectivity index (χ1) is 28.5. The molecule has 0 atom stereocenters. The number of urea groups is 1. The zero-order valence-electron chi connectivity index (χ0n) is 33.2. The molecule has 4 aliphatic rings. The molecule has 0 radical (unpaired) electrons. The fourth-order valence-electron chi connectivity index (χ4n) is 8.38. The molecular formula is C42H46F2N10O4S. The average Bonchev–Trinajstić information content (AvgIpc) is 3.52. The van der Waals surface area contributed by atoms with E-state index in [4.69, 9.17) is 9.47 Å². The maximum absolute atomic E-state index is 14.8. The van der Waals surface area contributed by atoms with Crippen molar-refractivity contribution in [2.75, 3.05) is 42.8 Å². The minimum atomic E-state index is -0.615. The summed E-state index contributed by atoms with van der Waals surface area (Å²) in [4.78, 5) is 36.1. The first-order valence-corrected chi connectivity index (χ1v) is 20.7. The fourth-order valence-corrected chi connectivity index (χ4v) is 8.93. The lowest BCUT2D eigenvalue weighted by Crippen LogP contribution is -2.66. The standard InChI is InChI=1S/C30H35FN6O2S.C12H11FN4O2/c1-3-36(2)40-35-25-12-10-24(31)29(23(25)16-32)39-21-9-11-26-27(13-21)34-28(17-33-26)38-22-14-30(15-22)18-37(19-30)20-7-5-4-6-8-20;1-16-9-3-2-7(13)6-8(9)11(15-16)17-5-4-10(18)14-12(17)19/h9-13,17,20,22,35H,3-8,14-15,18-19H2,1-2H3;2-3,6H,4-5H2,1H3,(H,14,18,19). The van der Waals surface area contributed by atoms with Crippen LogP contribution in [-0.2, 0) is 11.8 Å². The molecule has 59 heavy (non-hydrogen) atoms. The molecule has 4 heterocycles. The Hall–Kier alpha value is -5.57. The Kier molecular flexibility index (Phi) is 11.6. The minimum Gasteiger partial charge on any atom is -0.473 e. The minimum absolute atomic E-state index is 0.0947. The zero-order chi connectivity index (χ0) is 41.3. The smallest absolute Gasteiger partial charge is 0.329 e. The number of hydrogen-bond donors (Lipinski definition) is 2. The second kappa shape index (κ2) is 17.0. The lowest BCUT2D eigenvalue weighted by atomic mass is 9.61. The molecule has 2 aromatic heterocycles. The molecule has 2 aliphatic heterocycles. The summed E-state index contributed by atoms with van der Waals surface area (Å²) in [6.45, 7) is 5.46. The lowest BCUT2D eigenvalue weighted by molar-refractivity contribution is -0.138. The van der Waals surface area contributed by atoms with Crippen LogP contribution >= 0.6 is 12.1 Å². The summed E-state index contributed by atoms with van der Waals surface area (Å²) in [6.07, 6.45) is 11.0. The predicted octanol–water partition coefficient (Wildman–Crippen LogP) is 7.69. The number of benzene rings is 3. The van der Waals surface area contributed by atoms with Gasteiger partial charge in [0.2, 0.25) is 11.8 Å². The van der Waals surface area contributed by atoms with E-state index in [9.17, 15) is 23.6 Å². The van der Waals surface area contributed by atoms with Crippen molar-refractivity contribution in [3.8, 4) is 23.4 Å². The molecular weight excluding hydrogens is 779 g/mol. The van der Waals surface area contributed by atoms with Gasteiger partial charge in [0, 0.05) is 74.7 Å². The molecule has 17 heteroatoms. The number of aryl methyl sites for hydroxylation is 1. The third-order valence-corrected chi connectivity index (χ3v) is 12.5. The Morgan fingerprint density at radius 3 is 2.61 bits per heavy atom. The first-order valence-electron chi connectivity index (χ1n) is 20.0. The number of hydrogen-bond acceptors (Lipinski definition) is 12. The number of carbonyl (C=O) groups is 2. The third kappa shape index (κ3) is 8.61. The van der Waals surface area contributed by atoms with Crippen molar-refractivity contribution in [2.45, 2.75) is 70.4 Å². The molecule has 2 saturated carbocycles. The van der Waals surface area contributed by atoms with Crippen molar-refractivity contribution in [1.29, 1.82) is 5.26 Å². The summed E-state index contributed by atoms with van der Waals surface area (Å²) in [5.74, 6) is -0.236. The Morgan fingerprint density at radius 2 is 1.86 bits per heavy atom. The summed E-state index contributed by atoms with van der Waals surface area (Å²) in [6, 6.07) is 14.6. The van der Waals surface area contributed by atoms with Gasteiger partial charge < -0.3 is 14.2 Å². The maximum Gasteiger partial charge on any atom is 0.329 e. The van der Waals surface area contributed by atoms with Gasteiger partial charge in [0.15, 0.2) is 17.4 Å². The second-order valence-corrected chi connectivity index (χ2v) is 16.7. The van der Waals surface area contributed by atoms with Crippen molar-refractivity contribution in [3.05, 3.63) is 71.9 Å². The van der Waals surface area contributed by atoms with Crippen LogP contribution in [0.4, 0.5) is 25.1 Å². The monoisotopic (exact) mass is 824 g/mol. The number of anilines is 2. The van der Waals surface area contributed by atoms with Gasteiger partial charge in [0.25, 0.3) is 0 Å². The molecule has 2 saturated heterocycles. The summed E-state index contributed by atoms with van der Waals surface area (Å²) in [5, 5.41) is 16.8. The van der Waals surface area contributed by atoms with E-state index in [1.165, 1.54) is 86.5 Å². The van der Waals surface area contributed by atoms with Gasteiger partial charge in [-0.15, -0.1) is 0 Å². The third-order valence-electron chi connectivity index (χ3n) is 11.6. The van der Waals surface area contributed by atoms with Crippen molar-refractivity contribution in [3.63, 3.8) is 0 Å². The van der Waals surface area contributed by atoms with Gasteiger partial charge in [-0.1, -0.05) is 26.2 Å². The van der Waals surface area contributed by atoms with Crippen LogP contribution in [0, 0.1) is 28.4 Å². The zero-order valence-corrected chi connectivity index (χ0v) is 34.0. The molecule has 4 fully saturated rings. The van der Waals surface area contributed by atoms with Gasteiger partial charge in [-0.25, -0.2) is 27.8 Å². The largest absolute Gasteiger partial charge is 0.473 e. The molecule has 2 N–H and O–H groups in total. The van der Waals surface area contributed by atoms with Gasteiger partial charge >= 0.3 is 6.03 Å². The van der Waals surface area contributed by atoms with E-state index >= 15 is 0 Å². The highest BCUT2D eigenvalue weighted by atomic mass is 32.2. The fraction of sp³-hybridized carbons (Fsp3) is 0.429. The topological polar surface area (TPSA) is 154 Å². The van der Waals surface area contributed by atoms with Crippen LogP contribution < -0.4 is 24.4 Å². The van der Waals surface area contributed by atoms with E-state index in [2.05, 4.69) is 36.1 Å². The van der Waals surface area contributed by atoms with Crippen molar-refractivity contribution in [1.82, 2.24) is 34.3 Å². The van der Waals surface area contributed by atoms with Gasteiger partial charge in [-0.3, -0.25) is 24.6 Å². The number of rotatable bonds is 10. The van der Waals surface area contributed by atoms with E-state index < -0.39 is 17.7 Å². The first kappa shape index (κ1) is 40.2. The van der Waals surface area contributed by atoms with Crippen LogP contribution in [0.25, 0.3) is 21.9 Å². The average molecular weight is 825 g/mol. The number of halogens is 2. The Morgan fingerprint density at radius 1 is 1.07 bits per heavy atom. The number of nitriles is 1. The maximum atomic E-state index is 14.8. The van der Waals surface area contributed by atoms with Crippen LogP contribution in [-0.4, -0.2) is 86.3 Å². The summed E-state index contributed by atoms with van der Waals surface area (Å²) in [7, 11) is 3.64. The Balaban J connectivity index is 0.000000212. The van der Waals surface area contributed by atoms with E-state index in [0.717, 1.165) is 30.9 Å². The molecule has 0 unspecified atom stereocenters. The van der Waals surface area contributed by atoms with Gasteiger partial charge in [-0.2, -0.15) is 10.4 Å². The summed E-state index contributed by atoms with van der Waals surface area (Å²) < 4.78 is 46.9. The Bertz CT molecular complexity index is 2420. The molecule has 3 amide bonds. The van der Waals surface area contributed by atoms with Gasteiger partial charge in [0.05, 0.1) is 28.4 Å². The van der Waals surface area contributed by atoms with E-state index in [0.29, 0.717) is 45.0 Å². The number of nitrogens with zero attached hydrogens (tertiary/aromatic N) is 8. The van der Waals surface area contributed by atoms with E-state index in [-0.39, 0.29) is 36.3 Å². The second-order valence-electron chi connectivity index (χ2n) is 15.7.